The maximum atomic E-state index is 9.20. The Hall–Kier alpha value is -0.0800. The molecule has 2 aliphatic rings. The highest BCUT2D eigenvalue weighted by atomic mass is 16.3. The van der Waals surface area contributed by atoms with Crippen molar-refractivity contribution in [1.29, 1.82) is 0 Å². The van der Waals surface area contributed by atoms with Crippen LogP contribution >= 0.6 is 0 Å². The molecule has 0 unspecified atom stereocenters. The van der Waals surface area contributed by atoms with Crippen LogP contribution in [0.4, 0.5) is 0 Å². The minimum atomic E-state index is 0.383. The van der Waals surface area contributed by atoms with Crippen LogP contribution in [0.1, 0.15) is 52.9 Å². The highest BCUT2D eigenvalue weighted by molar-refractivity contribution is 4.87. The van der Waals surface area contributed by atoms with E-state index in [2.05, 4.69) is 25.7 Å². The summed E-state index contributed by atoms with van der Waals surface area (Å²) in [5, 5.41) is 9.20. The van der Waals surface area contributed by atoms with E-state index in [1.165, 1.54) is 38.6 Å². The predicted octanol–water partition coefficient (Wildman–Crippen LogP) is 2.91. The van der Waals surface area contributed by atoms with E-state index >= 15 is 0 Å². The lowest BCUT2D eigenvalue weighted by Gasteiger charge is -2.40. The Bertz CT molecular complexity index is 238. The van der Waals surface area contributed by atoms with E-state index in [1.54, 1.807) is 0 Å². The van der Waals surface area contributed by atoms with Crippen LogP contribution in [-0.2, 0) is 0 Å². The van der Waals surface area contributed by atoms with Gasteiger partial charge in [-0.1, -0.05) is 20.8 Å². The van der Waals surface area contributed by atoms with E-state index in [4.69, 9.17) is 0 Å². The van der Waals surface area contributed by atoms with Crippen molar-refractivity contribution in [1.82, 2.24) is 4.90 Å². The molecule has 2 heteroatoms. The van der Waals surface area contributed by atoms with Crippen LogP contribution in [0.2, 0.25) is 0 Å². The van der Waals surface area contributed by atoms with E-state index in [-0.39, 0.29) is 0 Å². The van der Waals surface area contributed by atoms with Crippen LogP contribution in [0.3, 0.4) is 0 Å². The third kappa shape index (κ3) is 3.23. The fourth-order valence-electron chi connectivity index (χ4n) is 3.65. The highest BCUT2D eigenvalue weighted by Crippen LogP contribution is 2.39. The van der Waals surface area contributed by atoms with Crippen molar-refractivity contribution < 1.29 is 5.11 Å². The van der Waals surface area contributed by atoms with Crippen molar-refractivity contribution in [3.63, 3.8) is 0 Å². The average Bonchev–Trinajstić information content (AvgIpc) is 2.76. The summed E-state index contributed by atoms with van der Waals surface area (Å²) in [6.07, 6.45) is 6.75. The summed E-state index contributed by atoms with van der Waals surface area (Å²) < 4.78 is 0. The molecule has 1 aliphatic carbocycles. The lowest BCUT2D eigenvalue weighted by Crippen LogP contribution is -2.38. The van der Waals surface area contributed by atoms with Gasteiger partial charge in [0, 0.05) is 19.2 Å². The van der Waals surface area contributed by atoms with E-state index in [9.17, 15) is 5.11 Å². The smallest absolute Gasteiger partial charge is 0.0471 e. The average molecular weight is 239 g/mol. The molecule has 1 N–H and O–H groups in total. The van der Waals surface area contributed by atoms with Gasteiger partial charge in [-0.15, -0.1) is 0 Å². The Morgan fingerprint density at radius 2 is 1.71 bits per heavy atom. The van der Waals surface area contributed by atoms with Crippen molar-refractivity contribution in [2.24, 2.45) is 17.3 Å². The number of likely N-dealkylation sites (tertiary alicyclic amines) is 1. The topological polar surface area (TPSA) is 23.5 Å². The second-order valence-corrected chi connectivity index (χ2v) is 7.20. The van der Waals surface area contributed by atoms with Crippen LogP contribution < -0.4 is 0 Å². The molecule has 0 spiro atoms. The zero-order valence-corrected chi connectivity index (χ0v) is 11.8. The van der Waals surface area contributed by atoms with Crippen molar-refractivity contribution in [3.05, 3.63) is 0 Å². The highest BCUT2D eigenvalue weighted by Gasteiger charge is 2.34. The van der Waals surface area contributed by atoms with Crippen molar-refractivity contribution in [2.75, 3.05) is 19.7 Å². The molecule has 1 aliphatic heterocycles. The fourth-order valence-corrected chi connectivity index (χ4v) is 3.65. The van der Waals surface area contributed by atoms with Gasteiger partial charge in [-0.3, -0.25) is 0 Å². The molecule has 100 valence electrons. The third-order valence-corrected chi connectivity index (χ3v) is 5.01. The maximum absolute atomic E-state index is 9.20. The monoisotopic (exact) mass is 239 g/mol. The van der Waals surface area contributed by atoms with Crippen LogP contribution in [0.15, 0.2) is 0 Å². The Labute approximate surface area is 106 Å². The van der Waals surface area contributed by atoms with Crippen LogP contribution in [0.5, 0.6) is 0 Å². The summed E-state index contributed by atoms with van der Waals surface area (Å²) in [6.45, 7) is 9.90. The molecule has 17 heavy (non-hydrogen) atoms. The molecule has 0 aromatic carbocycles. The number of rotatable bonds is 2. The van der Waals surface area contributed by atoms with Gasteiger partial charge >= 0.3 is 0 Å². The SMILES string of the molecule is CC(C)(C)C1CCC(N2CC[C@@H](CO)C2)CC1. The zero-order chi connectivity index (χ0) is 12.5. The molecule has 2 rings (SSSR count). The number of aliphatic hydroxyl groups is 1. The molecule has 0 aromatic heterocycles. The number of aliphatic hydroxyl groups excluding tert-OH is 1. The molecule has 1 atom stereocenters. The van der Waals surface area contributed by atoms with Crippen LogP contribution in [-0.4, -0.2) is 35.7 Å². The van der Waals surface area contributed by atoms with Gasteiger partial charge < -0.3 is 10.0 Å². The zero-order valence-electron chi connectivity index (χ0n) is 11.8. The number of hydrogen-bond acceptors (Lipinski definition) is 2. The molecule has 2 fully saturated rings. The van der Waals surface area contributed by atoms with E-state index in [1.807, 2.05) is 0 Å². The van der Waals surface area contributed by atoms with Gasteiger partial charge in [-0.05, 0) is 55.9 Å². The van der Waals surface area contributed by atoms with Gasteiger partial charge in [0.25, 0.3) is 0 Å². The number of hydrogen-bond donors (Lipinski definition) is 1. The summed E-state index contributed by atoms with van der Waals surface area (Å²) in [5.41, 5.74) is 0.490. The first-order valence-corrected chi connectivity index (χ1v) is 7.35. The molecule has 2 nitrogen and oxygen atoms in total. The van der Waals surface area contributed by atoms with Gasteiger partial charge in [-0.25, -0.2) is 0 Å². The van der Waals surface area contributed by atoms with Gasteiger partial charge in [0.05, 0.1) is 0 Å². The summed E-state index contributed by atoms with van der Waals surface area (Å²) in [6, 6.07) is 0.810. The molecular formula is C15H29NO. The first-order chi connectivity index (χ1) is 8.00. The quantitative estimate of drug-likeness (QED) is 0.801. The largest absolute Gasteiger partial charge is 0.396 e. The van der Waals surface area contributed by atoms with Gasteiger partial charge in [0.15, 0.2) is 0 Å². The molecule has 0 radical (unpaired) electrons. The third-order valence-electron chi connectivity index (χ3n) is 5.01. The predicted molar refractivity (Wildman–Crippen MR) is 72.0 cm³/mol. The first kappa shape index (κ1) is 13.4. The lowest BCUT2D eigenvalue weighted by molar-refractivity contribution is 0.105. The minimum Gasteiger partial charge on any atom is -0.396 e. The van der Waals surface area contributed by atoms with Gasteiger partial charge in [0.2, 0.25) is 0 Å². The molecule has 0 bridgehead atoms. The Balaban J connectivity index is 1.80. The molecule has 1 heterocycles. The number of nitrogens with zero attached hydrogens (tertiary/aromatic N) is 1. The Kier molecular flexibility index (Phi) is 4.14. The van der Waals surface area contributed by atoms with E-state index in [0.717, 1.165) is 18.5 Å². The van der Waals surface area contributed by atoms with Crippen molar-refractivity contribution in [2.45, 2.75) is 58.9 Å². The second kappa shape index (κ2) is 5.27. The molecule has 0 amide bonds. The summed E-state index contributed by atoms with van der Waals surface area (Å²) in [4.78, 5) is 2.64. The normalized spacial score (nSPS) is 36.4. The van der Waals surface area contributed by atoms with Crippen LogP contribution in [0, 0.1) is 17.3 Å². The molecule has 1 saturated heterocycles. The van der Waals surface area contributed by atoms with Crippen molar-refractivity contribution >= 4 is 0 Å². The van der Waals surface area contributed by atoms with E-state index in [0.29, 0.717) is 17.9 Å². The van der Waals surface area contributed by atoms with Gasteiger partial charge in [0.1, 0.15) is 0 Å². The fraction of sp³-hybridized carbons (Fsp3) is 1.00. The molecular weight excluding hydrogens is 210 g/mol. The van der Waals surface area contributed by atoms with E-state index < -0.39 is 0 Å². The van der Waals surface area contributed by atoms with Gasteiger partial charge in [-0.2, -0.15) is 0 Å². The molecule has 0 aromatic rings. The standard InChI is InChI=1S/C15H29NO/c1-15(2,3)13-4-6-14(7-5-13)16-9-8-12(10-16)11-17/h12-14,17H,4-11H2,1-3H3/t12-,13?,14?/m1/s1. The summed E-state index contributed by atoms with van der Waals surface area (Å²) in [5.74, 6) is 1.46. The summed E-state index contributed by atoms with van der Waals surface area (Å²) in [7, 11) is 0. The second-order valence-electron chi connectivity index (χ2n) is 7.20. The Morgan fingerprint density at radius 1 is 1.06 bits per heavy atom. The lowest BCUT2D eigenvalue weighted by atomic mass is 9.71. The summed E-state index contributed by atoms with van der Waals surface area (Å²) >= 11 is 0. The van der Waals surface area contributed by atoms with Crippen molar-refractivity contribution in [3.8, 4) is 0 Å². The maximum Gasteiger partial charge on any atom is 0.0471 e. The first-order valence-electron chi connectivity index (χ1n) is 7.35. The molecule has 1 saturated carbocycles. The Morgan fingerprint density at radius 3 is 2.18 bits per heavy atom. The minimum absolute atomic E-state index is 0.383. The van der Waals surface area contributed by atoms with Crippen LogP contribution in [0.25, 0.3) is 0 Å².